The molecule has 1 aromatic heterocycles. The topological polar surface area (TPSA) is 87.5 Å². The number of amides is 2. The van der Waals surface area contributed by atoms with Gasteiger partial charge in [-0.05, 0) is 63.0 Å². The first kappa shape index (κ1) is 19.8. The predicted molar refractivity (Wildman–Crippen MR) is 118 cm³/mol. The monoisotopic (exact) mass is 418 g/mol. The fourth-order valence-corrected chi connectivity index (χ4v) is 4.08. The molecule has 5 rings (SSSR count). The molecule has 160 valence electrons. The molecule has 0 radical (unpaired) electrons. The van der Waals surface area contributed by atoms with Crippen LogP contribution < -0.4 is 10.6 Å². The summed E-state index contributed by atoms with van der Waals surface area (Å²) in [5, 5.41) is 5.90. The van der Waals surface area contributed by atoms with Gasteiger partial charge in [-0.2, -0.15) is 0 Å². The molecule has 7 heteroatoms. The van der Waals surface area contributed by atoms with E-state index in [1.54, 1.807) is 12.1 Å². The zero-order valence-electron chi connectivity index (χ0n) is 17.3. The summed E-state index contributed by atoms with van der Waals surface area (Å²) in [6.07, 6.45) is 3.86. The lowest BCUT2D eigenvalue weighted by molar-refractivity contribution is -0.117. The zero-order valence-corrected chi connectivity index (χ0v) is 17.3. The van der Waals surface area contributed by atoms with Crippen LogP contribution in [0.25, 0.3) is 11.1 Å². The van der Waals surface area contributed by atoms with E-state index >= 15 is 0 Å². The Hall–Kier alpha value is -3.19. The number of aromatic nitrogens is 1. The van der Waals surface area contributed by atoms with Crippen molar-refractivity contribution in [1.29, 1.82) is 0 Å². The van der Waals surface area contributed by atoms with Gasteiger partial charge in [0.2, 0.25) is 5.91 Å². The number of carbonyl (C=O) groups excluding carboxylic acids is 2. The van der Waals surface area contributed by atoms with Gasteiger partial charge in [-0.3, -0.25) is 14.5 Å². The Balaban J connectivity index is 1.15. The van der Waals surface area contributed by atoms with E-state index < -0.39 is 0 Å². The number of para-hydroxylation sites is 3. The van der Waals surface area contributed by atoms with Gasteiger partial charge in [0.1, 0.15) is 5.52 Å². The van der Waals surface area contributed by atoms with Crippen molar-refractivity contribution in [1.82, 2.24) is 15.2 Å². The highest BCUT2D eigenvalue weighted by Gasteiger charge is 2.27. The SMILES string of the molecule is O=C(CN1CCC(c2nc3ccccc3o2)CC1)Nc1ccccc1C(=O)NC1CC1. The first-order valence-corrected chi connectivity index (χ1v) is 10.9. The minimum absolute atomic E-state index is 0.105. The normalized spacial score (nSPS) is 17.5. The molecule has 2 fully saturated rings. The summed E-state index contributed by atoms with van der Waals surface area (Å²) >= 11 is 0. The molecule has 2 aliphatic rings. The Morgan fingerprint density at radius 1 is 1.00 bits per heavy atom. The standard InChI is InChI=1S/C24H26N4O3/c29-22(26-19-6-2-1-5-18(19)23(30)25-17-9-10-17)15-28-13-11-16(12-14-28)24-27-20-7-3-4-8-21(20)31-24/h1-8,16-17H,9-15H2,(H,25,30)(H,26,29). The number of benzene rings is 2. The highest BCUT2D eigenvalue weighted by molar-refractivity contribution is 6.04. The lowest BCUT2D eigenvalue weighted by atomic mass is 9.97. The summed E-state index contributed by atoms with van der Waals surface area (Å²) in [4.78, 5) is 31.8. The quantitative estimate of drug-likeness (QED) is 0.639. The van der Waals surface area contributed by atoms with E-state index in [0.29, 0.717) is 17.8 Å². The maximum absolute atomic E-state index is 12.6. The Labute approximate surface area is 180 Å². The maximum Gasteiger partial charge on any atom is 0.253 e. The van der Waals surface area contributed by atoms with Gasteiger partial charge < -0.3 is 15.1 Å². The molecule has 2 heterocycles. The molecule has 2 N–H and O–H groups in total. The number of nitrogens with one attached hydrogen (secondary N) is 2. The smallest absolute Gasteiger partial charge is 0.253 e. The molecule has 3 aromatic rings. The van der Waals surface area contributed by atoms with Crippen LogP contribution in [0.3, 0.4) is 0 Å². The molecule has 0 unspecified atom stereocenters. The summed E-state index contributed by atoms with van der Waals surface area (Å²) in [5.41, 5.74) is 2.79. The summed E-state index contributed by atoms with van der Waals surface area (Å²) in [6.45, 7) is 1.92. The van der Waals surface area contributed by atoms with Gasteiger partial charge in [-0.15, -0.1) is 0 Å². The number of rotatable bonds is 6. The van der Waals surface area contributed by atoms with Crippen LogP contribution in [0.15, 0.2) is 52.9 Å². The highest BCUT2D eigenvalue weighted by atomic mass is 16.3. The van der Waals surface area contributed by atoms with Crippen molar-refractivity contribution in [2.45, 2.75) is 37.6 Å². The first-order valence-electron chi connectivity index (χ1n) is 10.9. The Kier molecular flexibility index (Phi) is 5.42. The third-order valence-electron chi connectivity index (χ3n) is 5.97. The van der Waals surface area contributed by atoms with Crippen molar-refractivity contribution in [2.75, 3.05) is 25.0 Å². The van der Waals surface area contributed by atoms with Crippen LogP contribution in [0.4, 0.5) is 5.69 Å². The van der Waals surface area contributed by atoms with Crippen LogP contribution in [0.5, 0.6) is 0 Å². The molecule has 0 atom stereocenters. The minimum Gasteiger partial charge on any atom is -0.440 e. The van der Waals surface area contributed by atoms with Crippen molar-refractivity contribution in [3.05, 3.63) is 60.0 Å². The summed E-state index contributed by atoms with van der Waals surface area (Å²) in [7, 11) is 0. The van der Waals surface area contributed by atoms with E-state index in [0.717, 1.165) is 55.8 Å². The average molecular weight is 418 g/mol. The van der Waals surface area contributed by atoms with Gasteiger partial charge in [-0.1, -0.05) is 24.3 Å². The number of carbonyl (C=O) groups is 2. The van der Waals surface area contributed by atoms with Gasteiger partial charge in [0.15, 0.2) is 11.5 Å². The Morgan fingerprint density at radius 3 is 2.52 bits per heavy atom. The molecule has 1 saturated carbocycles. The lowest BCUT2D eigenvalue weighted by Gasteiger charge is -2.30. The minimum atomic E-state index is -0.127. The summed E-state index contributed by atoms with van der Waals surface area (Å²) < 4.78 is 5.92. The molecule has 0 bridgehead atoms. The number of anilines is 1. The molecule has 1 saturated heterocycles. The number of piperidine rings is 1. The van der Waals surface area contributed by atoms with E-state index in [9.17, 15) is 9.59 Å². The number of hydrogen-bond donors (Lipinski definition) is 2. The van der Waals surface area contributed by atoms with Crippen LogP contribution in [0, 0.1) is 0 Å². The molecule has 1 aliphatic carbocycles. The van der Waals surface area contributed by atoms with Crippen molar-refractivity contribution < 1.29 is 14.0 Å². The molecular weight excluding hydrogens is 392 g/mol. The highest BCUT2D eigenvalue weighted by Crippen LogP contribution is 2.30. The molecule has 31 heavy (non-hydrogen) atoms. The number of nitrogens with zero attached hydrogens (tertiary/aromatic N) is 2. The van der Waals surface area contributed by atoms with E-state index in [4.69, 9.17) is 4.42 Å². The predicted octanol–water partition coefficient (Wildman–Crippen LogP) is 3.54. The van der Waals surface area contributed by atoms with Crippen molar-refractivity contribution in [3.63, 3.8) is 0 Å². The Morgan fingerprint density at radius 2 is 1.74 bits per heavy atom. The molecule has 1 aliphatic heterocycles. The Bertz CT molecular complexity index is 1060. The number of hydrogen-bond acceptors (Lipinski definition) is 5. The maximum atomic E-state index is 12.6. The largest absolute Gasteiger partial charge is 0.440 e. The van der Waals surface area contributed by atoms with Crippen LogP contribution in [-0.2, 0) is 4.79 Å². The second-order valence-electron chi connectivity index (χ2n) is 8.41. The van der Waals surface area contributed by atoms with E-state index in [2.05, 4.69) is 20.5 Å². The first-order chi connectivity index (χ1) is 15.2. The number of likely N-dealkylation sites (tertiary alicyclic amines) is 1. The van der Waals surface area contributed by atoms with Crippen molar-refractivity contribution in [2.24, 2.45) is 0 Å². The molecule has 2 aromatic carbocycles. The van der Waals surface area contributed by atoms with E-state index in [-0.39, 0.29) is 23.8 Å². The van der Waals surface area contributed by atoms with E-state index in [1.165, 1.54) is 0 Å². The van der Waals surface area contributed by atoms with Crippen LogP contribution >= 0.6 is 0 Å². The van der Waals surface area contributed by atoms with Gasteiger partial charge in [-0.25, -0.2) is 4.98 Å². The van der Waals surface area contributed by atoms with E-state index in [1.807, 2.05) is 36.4 Å². The number of fused-ring (bicyclic) bond motifs is 1. The molecule has 7 nitrogen and oxygen atoms in total. The summed E-state index contributed by atoms with van der Waals surface area (Å²) in [5.74, 6) is 0.837. The molecule has 0 spiro atoms. The van der Waals surface area contributed by atoms with Crippen molar-refractivity contribution in [3.8, 4) is 0 Å². The van der Waals surface area contributed by atoms with Gasteiger partial charge in [0.05, 0.1) is 17.8 Å². The molecule has 2 amide bonds. The zero-order chi connectivity index (χ0) is 21.2. The third kappa shape index (κ3) is 4.61. The summed E-state index contributed by atoms with van der Waals surface area (Å²) in [6, 6.07) is 15.3. The van der Waals surface area contributed by atoms with Crippen molar-refractivity contribution >= 4 is 28.6 Å². The van der Waals surface area contributed by atoms with Gasteiger partial charge in [0, 0.05) is 12.0 Å². The third-order valence-corrected chi connectivity index (χ3v) is 5.97. The second kappa shape index (κ2) is 8.51. The van der Waals surface area contributed by atoms with Gasteiger partial charge in [0.25, 0.3) is 5.91 Å². The molecular formula is C24H26N4O3. The fraction of sp³-hybridized carbons (Fsp3) is 0.375. The lowest BCUT2D eigenvalue weighted by Crippen LogP contribution is -2.39. The fourth-order valence-electron chi connectivity index (χ4n) is 4.08. The average Bonchev–Trinajstić information content (AvgIpc) is 3.48. The van der Waals surface area contributed by atoms with Gasteiger partial charge >= 0.3 is 0 Å². The van der Waals surface area contributed by atoms with Crippen LogP contribution in [0.2, 0.25) is 0 Å². The second-order valence-corrected chi connectivity index (χ2v) is 8.41. The number of oxazole rings is 1. The van der Waals surface area contributed by atoms with Crippen LogP contribution in [0.1, 0.15) is 47.8 Å². The van der Waals surface area contributed by atoms with Crippen LogP contribution in [-0.4, -0.2) is 47.4 Å².